The number of amides is 1. The maximum absolute atomic E-state index is 11.7. The predicted molar refractivity (Wildman–Crippen MR) is 71.0 cm³/mol. The summed E-state index contributed by atoms with van der Waals surface area (Å²) in [4.78, 5) is 22.8. The minimum Gasteiger partial charge on any atom is -0.492 e. The van der Waals surface area contributed by atoms with E-state index in [1.54, 1.807) is 26.1 Å². The fraction of sp³-hybridized carbons (Fsp3) is 0.385. The number of carbonyl (C=O) groups is 2. The van der Waals surface area contributed by atoms with Crippen LogP contribution in [0.5, 0.6) is 5.75 Å². The van der Waals surface area contributed by atoms with Crippen LogP contribution in [0.25, 0.3) is 0 Å². The van der Waals surface area contributed by atoms with E-state index < -0.39 is 5.97 Å². The standard InChI is InChI=1S/C13H18N2O4/c1-3-18-13(17)10-8-9(14)4-5-11(10)19-7-6-12(16)15-2/h4-5,8H,3,6-7,14H2,1-2H3,(H,15,16). The number of hydrogen-bond acceptors (Lipinski definition) is 5. The molecule has 0 aliphatic heterocycles. The van der Waals surface area contributed by atoms with E-state index in [1.165, 1.54) is 6.07 Å². The van der Waals surface area contributed by atoms with Gasteiger partial charge in [-0.2, -0.15) is 0 Å². The monoisotopic (exact) mass is 266 g/mol. The van der Waals surface area contributed by atoms with Gasteiger partial charge in [-0.15, -0.1) is 0 Å². The average Bonchev–Trinajstić information content (AvgIpc) is 2.40. The second kappa shape index (κ2) is 7.25. The molecule has 1 aromatic rings. The average molecular weight is 266 g/mol. The Kier molecular flexibility index (Phi) is 5.66. The Morgan fingerprint density at radius 1 is 1.37 bits per heavy atom. The Morgan fingerprint density at radius 2 is 2.11 bits per heavy atom. The van der Waals surface area contributed by atoms with Crippen molar-refractivity contribution in [2.45, 2.75) is 13.3 Å². The van der Waals surface area contributed by atoms with Gasteiger partial charge in [0.15, 0.2) is 0 Å². The van der Waals surface area contributed by atoms with Crippen molar-refractivity contribution in [3.63, 3.8) is 0 Å². The van der Waals surface area contributed by atoms with E-state index in [1.807, 2.05) is 0 Å². The molecule has 3 N–H and O–H groups in total. The summed E-state index contributed by atoms with van der Waals surface area (Å²) in [5.74, 6) is -0.269. The molecule has 0 bridgehead atoms. The van der Waals surface area contributed by atoms with Crippen molar-refractivity contribution in [3.05, 3.63) is 23.8 Å². The lowest BCUT2D eigenvalue weighted by atomic mass is 10.2. The smallest absolute Gasteiger partial charge is 0.341 e. The summed E-state index contributed by atoms with van der Waals surface area (Å²) in [7, 11) is 1.55. The van der Waals surface area contributed by atoms with Crippen LogP contribution in [0.3, 0.4) is 0 Å². The molecule has 0 spiro atoms. The van der Waals surface area contributed by atoms with E-state index in [0.29, 0.717) is 11.4 Å². The number of anilines is 1. The molecule has 19 heavy (non-hydrogen) atoms. The maximum Gasteiger partial charge on any atom is 0.341 e. The molecule has 0 aromatic heterocycles. The highest BCUT2D eigenvalue weighted by Crippen LogP contribution is 2.22. The van der Waals surface area contributed by atoms with Gasteiger partial charge in [-0.3, -0.25) is 4.79 Å². The number of rotatable bonds is 6. The molecule has 0 atom stereocenters. The summed E-state index contributed by atoms with van der Waals surface area (Å²) in [5.41, 5.74) is 6.34. The van der Waals surface area contributed by atoms with Gasteiger partial charge in [-0.1, -0.05) is 0 Å². The van der Waals surface area contributed by atoms with E-state index in [9.17, 15) is 9.59 Å². The molecule has 0 unspecified atom stereocenters. The normalized spacial score (nSPS) is 9.79. The Morgan fingerprint density at radius 3 is 2.74 bits per heavy atom. The zero-order valence-electron chi connectivity index (χ0n) is 11.1. The highest BCUT2D eigenvalue weighted by atomic mass is 16.5. The van der Waals surface area contributed by atoms with Gasteiger partial charge in [-0.25, -0.2) is 4.79 Å². The van der Waals surface area contributed by atoms with Crippen molar-refractivity contribution in [2.24, 2.45) is 0 Å². The molecule has 104 valence electrons. The summed E-state index contributed by atoms with van der Waals surface area (Å²) < 4.78 is 10.3. The third kappa shape index (κ3) is 4.50. The molecular formula is C13H18N2O4. The number of carbonyl (C=O) groups excluding carboxylic acids is 2. The Bertz CT molecular complexity index is 460. The lowest BCUT2D eigenvalue weighted by molar-refractivity contribution is -0.121. The molecular weight excluding hydrogens is 248 g/mol. The van der Waals surface area contributed by atoms with Gasteiger partial charge in [0, 0.05) is 12.7 Å². The summed E-state index contributed by atoms with van der Waals surface area (Å²) in [6.07, 6.45) is 0.211. The van der Waals surface area contributed by atoms with Gasteiger partial charge in [0.1, 0.15) is 11.3 Å². The molecule has 0 radical (unpaired) electrons. The number of nitrogens with one attached hydrogen (secondary N) is 1. The van der Waals surface area contributed by atoms with Gasteiger partial charge in [-0.05, 0) is 25.1 Å². The second-order valence-corrected chi connectivity index (χ2v) is 3.75. The molecule has 0 saturated heterocycles. The topological polar surface area (TPSA) is 90.7 Å². The molecule has 6 heteroatoms. The second-order valence-electron chi connectivity index (χ2n) is 3.75. The van der Waals surface area contributed by atoms with Crippen molar-refractivity contribution in [2.75, 3.05) is 26.0 Å². The zero-order valence-corrected chi connectivity index (χ0v) is 11.1. The van der Waals surface area contributed by atoms with E-state index in [0.717, 1.165) is 0 Å². The van der Waals surface area contributed by atoms with E-state index in [4.69, 9.17) is 15.2 Å². The number of ether oxygens (including phenoxy) is 2. The Hall–Kier alpha value is -2.24. The van der Waals surface area contributed by atoms with Crippen LogP contribution in [-0.4, -0.2) is 32.1 Å². The van der Waals surface area contributed by atoms with Gasteiger partial charge < -0.3 is 20.5 Å². The maximum atomic E-state index is 11.7. The quantitative estimate of drug-likeness (QED) is 0.591. The van der Waals surface area contributed by atoms with Crippen molar-refractivity contribution in [1.29, 1.82) is 0 Å². The first-order valence-electron chi connectivity index (χ1n) is 5.98. The molecule has 0 aliphatic rings. The van der Waals surface area contributed by atoms with Crippen molar-refractivity contribution >= 4 is 17.6 Å². The highest BCUT2D eigenvalue weighted by molar-refractivity contribution is 5.93. The van der Waals surface area contributed by atoms with Gasteiger partial charge >= 0.3 is 5.97 Å². The zero-order chi connectivity index (χ0) is 14.3. The van der Waals surface area contributed by atoms with Crippen LogP contribution < -0.4 is 15.8 Å². The first-order chi connectivity index (χ1) is 9.08. The lowest BCUT2D eigenvalue weighted by Crippen LogP contribution is -2.20. The molecule has 1 aromatic carbocycles. The summed E-state index contributed by atoms with van der Waals surface area (Å²) in [5, 5.41) is 2.49. The van der Waals surface area contributed by atoms with E-state index in [2.05, 4.69) is 5.32 Å². The van der Waals surface area contributed by atoms with Gasteiger partial charge in [0.05, 0.1) is 19.6 Å². The molecule has 1 rings (SSSR count). The summed E-state index contributed by atoms with van der Waals surface area (Å²) in [6, 6.07) is 4.70. The largest absolute Gasteiger partial charge is 0.492 e. The molecule has 0 fully saturated rings. The predicted octanol–water partition coefficient (Wildman–Crippen LogP) is 0.960. The lowest BCUT2D eigenvalue weighted by Gasteiger charge is -2.11. The van der Waals surface area contributed by atoms with Crippen molar-refractivity contribution in [3.8, 4) is 5.75 Å². The molecule has 0 heterocycles. The number of nitrogen functional groups attached to an aromatic ring is 1. The molecule has 0 saturated carbocycles. The number of nitrogens with two attached hydrogens (primary N) is 1. The van der Waals surface area contributed by atoms with Crippen LogP contribution in [0.15, 0.2) is 18.2 Å². The Labute approximate surface area is 111 Å². The fourth-order valence-corrected chi connectivity index (χ4v) is 1.42. The SMILES string of the molecule is CCOC(=O)c1cc(N)ccc1OCCC(=O)NC. The Balaban J connectivity index is 2.76. The third-order valence-corrected chi connectivity index (χ3v) is 2.36. The minimum absolute atomic E-state index is 0.131. The van der Waals surface area contributed by atoms with Gasteiger partial charge in [0.25, 0.3) is 0 Å². The molecule has 6 nitrogen and oxygen atoms in total. The number of hydrogen-bond donors (Lipinski definition) is 2. The minimum atomic E-state index is -0.496. The van der Waals surface area contributed by atoms with Crippen molar-refractivity contribution in [1.82, 2.24) is 5.32 Å². The first-order valence-corrected chi connectivity index (χ1v) is 5.98. The third-order valence-electron chi connectivity index (χ3n) is 2.36. The van der Waals surface area contributed by atoms with Crippen LogP contribution >= 0.6 is 0 Å². The van der Waals surface area contributed by atoms with Crippen LogP contribution in [0.2, 0.25) is 0 Å². The van der Waals surface area contributed by atoms with Crippen LogP contribution in [-0.2, 0) is 9.53 Å². The van der Waals surface area contributed by atoms with E-state index >= 15 is 0 Å². The summed E-state index contributed by atoms with van der Waals surface area (Å²) >= 11 is 0. The summed E-state index contributed by atoms with van der Waals surface area (Å²) in [6.45, 7) is 2.16. The van der Waals surface area contributed by atoms with Crippen LogP contribution in [0.1, 0.15) is 23.7 Å². The number of esters is 1. The van der Waals surface area contributed by atoms with Crippen LogP contribution in [0.4, 0.5) is 5.69 Å². The van der Waals surface area contributed by atoms with Crippen LogP contribution in [0, 0.1) is 0 Å². The number of benzene rings is 1. The fourth-order valence-electron chi connectivity index (χ4n) is 1.42. The molecule has 1 amide bonds. The van der Waals surface area contributed by atoms with Crippen molar-refractivity contribution < 1.29 is 19.1 Å². The van der Waals surface area contributed by atoms with E-state index in [-0.39, 0.29) is 31.1 Å². The highest BCUT2D eigenvalue weighted by Gasteiger charge is 2.14. The van der Waals surface area contributed by atoms with Gasteiger partial charge in [0.2, 0.25) is 5.91 Å². The first kappa shape index (κ1) is 14.8. The molecule has 0 aliphatic carbocycles.